The smallest absolute Gasteiger partial charge is 0.261 e. The number of hydrogen-bond acceptors (Lipinski definition) is 5. The molecule has 1 heterocycles. The van der Waals surface area contributed by atoms with Gasteiger partial charge in [-0.2, -0.15) is 0 Å². The van der Waals surface area contributed by atoms with Crippen molar-refractivity contribution < 1.29 is 18.4 Å². The van der Waals surface area contributed by atoms with Gasteiger partial charge in [0.2, 0.25) is 0 Å². The summed E-state index contributed by atoms with van der Waals surface area (Å²) in [6.07, 6.45) is 0. The Morgan fingerprint density at radius 3 is 2.61 bits per heavy atom. The number of hydrogen-bond donors (Lipinski definition) is 0. The Hall–Kier alpha value is -2.57. The third-order valence-corrected chi connectivity index (χ3v) is 3.55. The van der Waals surface area contributed by atoms with Crippen LogP contribution in [0, 0.1) is 5.82 Å². The van der Waals surface area contributed by atoms with Crippen molar-refractivity contribution in [2.75, 3.05) is 39.7 Å². The SMILES string of the molecule is CCN(C)C(=O)c1c(N(C)C)noc1-c1ccc(F)c(OC)c1. The number of amides is 1. The van der Waals surface area contributed by atoms with Crippen LogP contribution in [0.1, 0.15) is 17.3 Å². The van der Waals surface area contributed by atoms with Crippen LogP contribution in [0.15, 0.2) is 22.7 Å². The van der Waals surface area contributed by atoms with E-state index in [2.05, 4.69) is 5.16 Å². The lowest BCUT2D eigenvalue weighted by Crippen LogP contribution is -2.28. The maximum absolute atomic E-state index is 13.6. The third kappa shape index (κ3) is 3.13. The van der Waals surface area contributed by atoms with Crippen LogP contribution >= 0.6 is 0 Å². The van der Waals surface area contributed by atoms with Crippen LogP contribution in [0.3, 0.4) is 0 Å². The average Bonchev–Trinajstić information content (AvgIpc) is 2.98. The maximum Gasteiger partial charge on any atom is 0.261 e. The number of nitrogens with zero attached hydrogens (tertiary/aromatic N) is 3. The summed E-state index contributed by atoms with van der Waals surface area (Å²) in [5.41, 5.74) is 0.865. The Labute approximate surface area is 134 Å². The molecule has 1 aromatic carbocycles. The summed E-state index contributed by atoms with van der Waals surface area (Å²) in [5.74, 6) is 0.0938. The summed E-state index contributed by atoms with van der Waals surface area (Å²) in [7, 11) is 6.62. The maximum atomic E-state index is 13.6. The van der Waals surface area contributed by atoms with Gasteiger partial charge < -0.3 is 19.1 Å². The van der Waals surface area contributed by atoms with Gasteiger partial charge in [-0.25, -0.2) is 4.39 Å². The average molecular weight is 321 g/mol. The molecule has 0 fully saturated rings. The van der Waals surface area contributed by atoms with Gasteiger partial charge in [0.15, 0.2) is 23.1 Å². The molecule has 0 spiro atoms. The zero-order chi connectivity index (χ0) is 17.1. The Bertz CT molecular complexity index is 713. The van der Waals surface area contributed by atoms with Crippen molar-refractivity contribution >= 4 is 11.7 Å². The van der Waals surface area contributed by atoms with Gasteiger partial charge in [-0.1, -0.05) is 5.16 Å². The predicted molar refractivity (Wildman–Crippen MR) is 85.4 cm³/mol. The lowest BCUT2D eigenvalue weighted by molar-refractivity contribution is 0.0803. The lowest BCUT2D eigenvalue weighted by atomic mass is 10.1. The molecule has 7 heteroatoms. The number of aromatic nitrogens is 1. The predicted octanol–water partition coefficient (Wildman–Crippen LogP) is 2.65. The molecule has 6 nitrogen and oxygen atoms in total. The van der Waals surface area contributed by atoms with Crippen LogP contribution in [0.5, 0.6) is 5.75 Å². The molecule has 0 saturated carbocycles. The minimum Gasteiger partial charge on any atom is -0.494 e. The molecule has 2 aromatic rings. The van der Waals surface area contributed by atoms with Gasteiger partial charge in [-0.15, -0.1) is 0 Å². The summed E-state index contributed by atoms with van der Waals surface area (Å²) in [5, 5.41) is 3.98. The summed E-state index contributed by atoms with van der Waals surface area (Å²) in [6.45, 7) is 2.42. The number of methoxy groups -OCH3 is 1. The van der Waals surface area contributed by atoms with Gasteiger partial charge in [0, 0.05) is 33.3 Å². The van der Waals surface area contributed by atoms with Crippen LogP contribution in [-0.2, 0) is 0 Å². The number of ether oxygens (including phenoxy) is 1. The van der Waals surface area contributed by atoms with E-state index in [1.165, 1.54) is 25.3 Å². The van der Waals surface area contributed by atoms with E-state index in [0.29, 0.717) is 23.5 Å². The number of carbonyl (C=O) groups is 1. The fraction of sp³-hybridized carbons (Fsp3) is 0.375. The fourth-order valence-electron chi connectivity index (χ4n) is 2.11. The van der Waals surface area contributed by atoms with Gasteiger partial charge in [0.05, 0.1) is 7.11 Å². The molecular weight excluding hydrogens is 301 g/mol. The lowest BCUT2D eigenvalue weighted by Gasteiger charge is -2.17. The number of carbonyl (C=O) groups excluding carboxylic acids is 1. The second-order valence-electron chi connectivity index (χ2n) is 5.27. The molecule has 0 saturated heterocycles. The first-order valence-corrected chi connectivity index (χ1v) is 7.17. The minimum atomic E-state index is -0.484. The number of benzene rings is 1. The van der Waals surface area contributed by atoms with Gasteiger partial charge >= 0.3 is 0 Å². The van der Waals surface area contributed by atoms with Crippen molar-refractivity contribution in [1.82, 2.24) is 10.1 Å². The molecule has 23 heavy (non-hydrogen) atoms. The van der Waals surface area contributed by atoms with Crippen LogP contribution in [0.4, 0.5) is 10.2 Å². The summed E-state index contributed by atoms with van der Waals surface area (Å²) in [6, 6.07) is 4.28. The standard InChI is InChI=1S/C16H20FN3O3/c1-6-20(4)16(21)13-14(23-18-15(13)19(2)3)10-7-8-11(17)12(9-10)22-5/h7-9H,6H2,1-5H3. The first-order chi connectivity index (χ1) is 10.9. The zero-order valence-corrected chi connectivity index (χ0v) is 13.9. The van der Waals surface area contributed by atoms with Crippen LogP contribution in [-0.4, -0.2) is 50.8 Å². The third-order valence-electron chi connectivity index (χ3n) is 3.55. The zero-order valence-electron chi connectivity index (χ0n) is 13.9. The Kier molecular flexibility index (Phi) is 4.88. The van der Waals surface area contributed by atoms with E-state index < -0.39 is 5.82 Å². The second kappa shape index (κ2) is 6.68. The van der Waals surface area contributed by atoms with Crippen molar-refractivity contribution in [3.63, 3.8) is 0 Å². The molecule has 124 valence electrons. The molecule has 0 aliphatic carbocycles. The van der Waals surface area contributed by atoms with Gasteiger partial charge in [-0.3, -0.25) is 4.79 Å². The van der Waals surface area contributed by atoms with Crippen molar-refractivity contribution in [3.05, 3.63) is 29.6 Å². The molecule has 0 radical (unpaired) electrons. The normalized spacial score (nSPS) is 10.5. The van der Waals surface area contributed by atoms with E-state index in [9.17, 15) is 9.18 Å². The summed E-state index contributed by atoms with van der Waals surface area (Å²) in [4.78, 5) is 15.9. The van der Waals surface area contributed by atoms with Gasteiger partial charge in [0.1, 0.15) is 5.56 Å². The molecule has 0 bridgehead atoms. The largest absolute Gasteiger partial charge is 0.494 e. The first kappa shape index (κ1) is 16.8. The van der Waals surface area contributed by atoms with Crippen molar-refractivity contribution in [2.45, 2.75) is 6.92 Å². The summed E-state index contributed by atoms with van der Waals surface area (Å²) >= 11 is 0. The molecule has 2 rings (SSSR count). The van der Waals surface area contributed by atoms with E-state index in [4.69, 9.17) is 9.26 Å². The van der Waals surface area contributed by atoms with Crippen molar-refractivity contribution in [3.8, 4) is 17.1 Å². The van der Waals surface area contributed by atoms with Crippen LogP contribution in [0.2, 0.25) is 0 Å². The van der Waals surface area contributed by atoms with E-state index in [0.717, 1.165) is 0 Å². The number of anilines is 1. The van der Waals surface area contributed by atoms with Crippen LogP contribution < -0.4 is 9.64 Å². The van der Waals surface area contributed by atoms with E-state index >= 15 is 0 Å². The number of rotatable bonds is 5. The second-order valence-corrected chi connectivity index (χ2v) is 5.27. The Balaban J connectivity index is 2.61. The Morgan fingerprint density at radius 1 is 1.35 bits per heavy atom. The van der Waals surface area contributed by atoms with Gasteiger partial charge in [-0.05, 0) is 25.1 Å². The highest BCUT2D eigenvalue weighted by Gasteiger charge is 2.27. The summed E-state index contributed by atoms with van der Waals surface area (Å²) < 4.78 is 24.0. The minimum absolute atomic E-state index is 0.0764. The van der Waals surface area contributed by atoms with Crippen molar-refractivity contribution in [2.24, 2.45) is 0 Å². The highest BCUT2D eigenvalue weighted by Crippen LogP contribution is 2.34. The Morgan fingerprint density at radius 2 is 2.04 bits per heavy atom. The van der Waals surface area contributed by atoms with E-state index in [-0.39, 0.29) is 17.4 Å². The molecule has 0 N–H and O–H groups in total. The van der Waals surface area contributed by atoms with Crippen LogP contribution in [0.25, 0.3) is 11.3 Å². The van der Waals surface area contributed by atoms with E-state index in [1.54, 1.807) is 30.9 Å². The monoisotopic (exact) mass is 321 g/mol. The first-order valence-electron chi connectivity index (χ1n) is 7.17. The molecule has 1 amide bonds. The molecule has 0 atom stereocenters. The quantitative estimate of drug-likeness (QED) is 0.847. The van der Waals surface area contributed by atoms with E-state index in [1.807, 2.05) is 6.92 Å². The van der Waals surface area contributed by atoms with Crippen molar-refractivity contribution in [1.29, 1.82) is 0 Å². The molecule has 0 aliphatic rings. The van der Waals surface area contributed by atoms with Gasteiger partial charge in [0.25, 0.3) is 5.91 Å². The fourth-order valence-corrected chi connectivity index (χ4v) is 2.11. The highest BCUT2D eigenvalue weighted by molar-refractivity contribution is 6.04. The topological polar surface area (TPSA) is 58.8 Å². The highest BCUT2D eigenvalue weighted by atomic mass is 19.1. The molecular formula is C16H20FN3O3. The molecule has 1 aromatic heterocycles. The molecule has 0 unspecified atom stereocenters. The molecule has 0 aliphatic heterocycles. The number of halogens is 1.